The van der Waals surface area contributed by atoms with Crippen molar-refractivity contribution in [3.63, 3.8) is 0 Å². The van der Waals surface area contributed by atoms with Gasteiger partial charge in [-0.2, -0.15) is 0 Å². The lowest BCUT2D eigenvalue weighted by Crippen LogP contribution is -2.40. The molecule has 0 aromatic heterocycles. The Bertz CT molecular complexity index is 423. The zero-order valence-corrected chi connectivity index (χ0v) is 11.8. The van der Waals surface area contributed by atoms with Crippen LogP contribution in [-0.4, -0.2) is 12.6 Å². The quantitative estimate of drug-likeness (QED) is 0.878. The van der Waals surface area contributed by atoms with Gasteiger partial charge in [-0.05, 0) is 42.7 Å². The van der Waals surface area contributed by atoms with Gasteiger partial charge < -0.3 is 10.5 Å². The topological polar surface area (TPSA) is 35.2 Å². The lowest BCUT2D eigenvalue weighted by molar-refractivity contribution is 0.199. The van der Waals surface area contributed by atoms with E-state index in [4.69, 9.17) is 10.5 Å². The van der Waals surface area contributed by atoms with Gasteiger partial charge >= 0.3 is 0 Å². The Kier molecular flexibility index (Phi) is 3.79. The smallest absolute Gasteiger partial charge is 0.122 e. The maximum Gasteiger partial charge on any atom is 0.122 e. The lowest BCUT2D eigenvalue weighted by atomic mass is 9.73. The van der Waals surface area contributed by atoms with Crippen molar-refractivity contribution in [2.75, 3.05) is 6.61 Å². The highest BCUT2D eigenvalue weighted by Crippen LogP contribution is 2.40. The van der Waals surface area contributed by atoms with E-state index >= 15 is 0 Å². The minimum absolute atomic E-state index is 0.303. The second-order valence-corrected chi connectivity index (χ2v) is 6.38. The Labute approximate surface area is 116 Å². The van der Waals surface area contributed by atoms with E-state index in [1.165, 1.54) is 31.2 Å². The SMILES string of the molecule is CC1CCC(C(N)C2CCOc3ccccc32)CC1. The molecule has 0 amide bonds. The summed E-state index contributed by atoms with van der Waals surface area (Å²) in [6.45, 7) is 3.18. The van der Waals surface area contributed by atoms with Crippen molar-refractivity contribution in [1.82, 2.24) is 0 Å². The summed E-state index contributed by atoms with van der Waals surface area (Å²) in [4.78, 5) is 0. The van der Waals surface area contributed by atoms with Crippen molar-refractivity contribution in [3.05, 3.63) is 29.8 Å². The Morgan fingerprint density at radius 1 is 1.11 bits per heavy atom. The monoisotopic (exact) mass is 259 g/mol. The molecule has 2 nitrogen and oxygen atoms in total. The van der Waals surface area contributed by atoms with Crippen molar-refractivity contribution in [2.24, 2.45) is 17.6 Å². The van der Waals surface area contributed by atoms with E-state index < -0.39 is 0 Å². The van der Waals surface area contributed by atoms with Crippen molar-refractivity contribution in [1.29, 1.82) is 0 Å². The molecule has 1 heterocycles. The first kappa shape index (κ1) is 13.0. The third kappa shape index (κ3) is 2.64. The molecule has 0 radical (unpaired) electrons. The van der Waals surface area contributed by atoms with Crippen molar-refractivity contribution >= 4 is 0 Å². The van der Waals surface area contributed by atoms with E-state index in [9.17, 15) is 0 Å². The number of rotatable bonds is 2. The number of hydrogen-bond donors (Lipinski definition) is 1. The van der Waals surface area contributed by atoms with Gasteiger partial charge in [-0.15, -0.1) is 0 Å². The van der Waals surface area contributed by atoms with Gasteiger partial charge in [0.25, 0.3) is 0 Å². The average Bonchev–Trinajstić information content (AvgIpc) is 2.47. The molecule has 1 fully saturated rings. The Morgan fingerprint density at radius 3 is 2.63 bits per heavy atom. The third-order valence-electron chi connectivity index (χ3n) is 5.07. The summed E-state index contributed by atoms with van der Waals surface area (Å²) in [6, 6.07) is 8.74. The van der Waals surface area contributed by atoms with Gasteiger partial charge in [-0.1, -0.05) is 38.0 Å². The molecule has 1 aliphatic heterocycles. The van der Waals surface area contributed by atoms with Crippen LogP contribution in [0.2, 0.25) is 0 Å². The van der Waals surface area contributed by atoms with E-state index in [1.54, 1.807) is 0 Å². The number of benzene rings is 1. The summed E-state index contributed by atoms with van der Waals surface area (Å²) in [5.41, 5.74) is 7.96. The zero-order valence-electron chi connectivity index (χ0n) is 11.8. The number of fused-ring (bicyclic) bond motifs is 1. The van der Waals surface area contributed by atoms with Gasteiger partial charge in [-0.25, -0.2) is 0 Å². The molecule has 1 saturated carbocycles. The van der Waals surface area contributed by atoms with Crippen molar-refractivity contribution in [2.45, 2.75) is 51.0 Å². The van der Waals surface area contributed by atoms with Crippen LogP contribution in [0.15, 0.2) is 24.3 Å². The molecule has 2 atom stereocenters. The van der Waals surface area contributed by atoms with Crippen LogP contribution in [0.25, 0.3) is 0 Å². The van der Waals surface area contributed by atoms with Crippen LogP contribution < -0.4 is 10.5 Å². The van der Waals surface area contributed by atoms with Gasteiger partial charge in [-0.3, -0.25) is 0 Å². The van der Waals surface area contributed by atoms with Crippen LogP contribution in [0.1, 0.15) is 50.5 Å². The van der Waals surface area contributed by atoms with Crippen LogP contribution in [0.4, 0.5) is 0 Å². The van der Waals surface area contributed by atoms with Gasteiger partial charge in [0.1, 0.15) is 5.75 Å². The molecule has 2 N–H and O–H groups in total. The number of para-hydroxylation sites is 1. The predicted molar refractivity (Wildman–Crippen MR) is 78.4 cm³/mol. The predicted octanol–water partition coefficient (Wildman–Crippen LogP) is 3.71. The lowest BCUT2D eigenvalue weighted by Gasteiger charge is -2.37. The van der Waals surface area contributed by atoms with Gasteiger partial charge in [0.15, 0.2) is 0 Å². The number of nitrogens with two attached hydrogens (primary N) is 1. The molecule has 0 bridgehead atoms. The highest BCUT2D eigenvalue weighted by Gasteiger charge is 2.33. The summed E-state index contributed by atoms with van der Waals surface area (Å²) in [5, 5.41) is 0. The molecule has 3 rings (SSSR count). The van der Waals surface area contributed by atoms with Crippen molar-refractivity contribution in [3.8, 4) is 5.75 Å². The molecular weight excluding hydrogens is 234 g/mol. The van der Waals surface area contributed by atoms with Gasteiger partial charge in [0.2, 0.25) is 0 Å². The van der Waals surface area contributed by atoms with Crippen LogP contribution >= 0.6 is 0 Å². The summed E-state index contributed by atoms with van der Waals surface area (Å²) in [7, 11) is 0. The molecule has 0 spiro atoms. The fourth-order valence-electron chi connectivity index (χ4n) is 3.77. The normalized spacial score (nSPS) is 32.2. The Hall–Kier alpha value is -1.02. The fraction of sp³-hybridized carbons (Fsp3) is 0.647. The molecule has 2 aliphatic rings. The molecule has 0 saturated heterocycles. The summed E-state index contributed by atoms with van der Waals surface area (Å²) in [6.07, 6.45) is 6.39. The Balaban J connectivity index is 1.75. The Morgan fingerprint density at radius 2 is 1.84 bits per heavy atom. The van der Waals surface area contributed by atoms with E-state index in [1.807, 2.05) is 0 Å². The molecule has 104 valence electrons. The van der Waals surface area contributed by atoms with Crippen LogP contribution in [0, 0.1) is 11.8 Å². The zero-order chi connectivity index (χ0) is 13.2. The van der Waals surface area contributed by atoms with E-state index in [-0.39, 0.29) is 0 Å². The minimum atomic E-state index is 0.303. The molecule has 2 heteroatoms. The first-order valence-electron chi connectivity index (χ1n) is 7.73. The molecule has 19 heavy (non-hydrogen) atoms. The molecular formula is C17H25NO. The van der Waals surface area contributed by atoms with Crippen molar-refractivity contribution < 1.29 is 4.74 Å². The first-order valence-corrected chi connectivity index (χ1v) is 7.73. The third-order valence-corrected chi connectivity index (χ3v) is 5.07. The molecule has 1 aromatic rings. The molecule has 2 unspecified atom stereocenters. The van der Waals surface area contributed by atoms with Gasteiger partial charge in [0, 0.05) is 12.0 Å². The standard InChI is InChI=1S/C17H25NO/c1-12-6-8-13(9-7-12)17(18)15-10-11-19-16-5-3-2-4-14(15)16/h2-5,12-13,15,17H,6-11,18H2,1H3. The highest BCUT2D eigenvalue weighted by atomic mass is 16.5. The summed E-state index contributed by atoms with van der Waals surface area (Å²) < 4.78 is 5.75. The number of hydrogen-bond acceptors (Lipinski definition) is 2. The molecule has 1 aromatic carbocycles. The number of ether oxygens (including phenoxy) is 1. The molecule has 1 aliphatic carbocycles. The summed E-state index contributed by atoms with van der Waals surface area (Å²) >= 11 is 0. The van der Waals surface area contributed by atoms with E-state index in [2.05, 4.69) is 31.2 Å². The second-order valence-electron chi connectivity index (χ2n) is 6.38. The summed E-state index contributed by atoms with van der Waals surface area (Å²) in [5.74, 6) is 3.14. The first-order chi connectivity index (χ1) is 9.25. The average molecular weight is 259 g/mol. The maximum atomic E-state index is 6.63. The fourth-order valence-corrected chi connectivity index (χ4v) is 3.77. The van der Waals surface area contributed by atoms with E-state index in [0.29, 0.717) is 17.9 Å². The second kappa shape index (κ2) is 5.54. The maximum absolute atomic E-state index is 6.63. The highest BCUT2D eigenvalue weighted by molar-refractivity contribution is 5.38. The largest absolute Gasteiger partial charge is 0.493 e. The van der Waals surface area contributed by atoms with Crippen LogP contribution in [0.3, 0.4) is 0 Å². The van der Waals surface area contributed by atoms with Crippen LogP contribution in [-0.2, 0) is 0 Å². The minimum Gasteiger partial charge on any atom is -0.493 e. The van der Waals surface area contributed by atoms with Gasteiger partial charge in [0.05, 0.1) is 6.61 Å². The van der Waals surface area contributed by atoms with Crippen LogP contribution in [0.5, 0.6) is 5.75 Å². The van der Waals surface area contributed by atoms with E-state index in [0.717, 1.165) is 24.7 Å².